The number of carbonyl (C=O) groups is 1. The maximum atomic E-state index is 12.2. The number of methoxy groups -OCH3 is 1. The standard InChI is InChI=1S/C10H12O4S2/c1-14-10(11)9(7-4-5-7)16(12,13)8-3-2-6-15-8/h2-3,6-7,9H,4-5H2,1H3. The van der Waals surface area contributed by atoms with Crippen LogP contribution in [0.5, 0.6) is 0 Å². The normalized spacial score (nSPS) is 18.1. The summed E-state index contributed by atoms with van der Waals surface area (Å²) in [6, 6.07) is 3.19. The Hall–Kier alpha value is -0.880. The Morgan fingerprint density at radius 1 is 1.56 bits per heavy atom. The topological polar surface area (TPSA) is 60.4 Å². The molecule has 0 aliphatic heterocycles. The molecule has 0 saturated heterocycles. The van der Waals surface area contributed by atoms with Crippen molar-refractivity contribution in [3.63, 3.8) is 0 Å². The summed E-state index contributed by atoms with van der Waals surface area (Å²) < 4.78 is 29.2. The SMILES string of the molecule is COC(=O)C(C1CC1)S(=O)(=O)c1cccs1. The monoisotopic (exact) mass is 260 g/mol. The van der Waals surface area contributed by atoms with E-state index in [1.807, 2.05) is 0 Å². The zero-order valence-corrected chi connectivity index (χ0v) is 10.4. The molecule has 1 fully saturated rings. The first-order chi connectivity index (χ1) is 7.57. The van der Waals surface area contributed by atoms with Crippen LogP contribution in [-0.2, 0) is 19.4 Å². The number of esters is 1. The molecule has 0 N–H and O–H groups in total. The first kappa shape index (κ1) is 11.6. The Balaban J connectivity index is 2.36. The van der Waals surface area contributed by atoms with Crippen LogP contribution in [0.1, 0.15) is 12.8 Å². The minimum atomic E-state index is -3.56. The van der Waals surface area contributed by atoms with Gasteiger partial charge < -0.3 is 4.74 Å². The van der Waals surface area contributed by atoms with Crippen LogP contribution in [-0.4, -0.2) is 26.7 Å². The van der Waals surface area contributed by atoms with E-state index in [1.165, 1.54) is 13.2 Å². The average Bonchev–Trinajstić information content (AvgIpc) is 2.90. The quantitative estimate of drug-likeness (QED) is 0.769. The number of hydrogen-bond acceptors (Lipinski definition) is 5. The summed E-state index contributed by atoms with van der Waals surface area (Å²) in [7, 11) is -2.34. The molecule has 16 heavy (non-hydrogen) atoms. The van der Waals surface area contributed by atoms with E-state index in [9.17, 15) is 13.2 Å². The van der Waals surface area contributed by atoms with Gasteiger partial charge in [-0.1, -0.05) is 6.07 Å². The number of ether oxygens (including phenoxy) is 1. The third kappa shape index (κ3) is 1.99. The number of carbonyl (C=O) groups excluding carboxylic acids is 1. The molecule has 6 heteroatoms. The van der Waals surface area contributed by atoms with Gasteiger partial charge in [-0.2, -0.15) is 0 Å². The van der Waals surface area contributed by atoms with Crippen molar-refractivity contribution in [2.45, 2.75) is 22.3 Å². The van der Waals surface area contributed by atoms with Gasteiger partial charge in [0.2, 0.25) is 9.84 Å². The third-order valence-corrected chi connectivity index (χ3v) is 6.18. The van der Waals surface area contributed by atoms with E-state index in [4.69, 9.17) is 0 Å². The second kappa shape index (κ2) is 4.18. The van der Waals surface area contributed by atoms with E-state index in [0.29, 0.717) is 0 Å². The predicted octanol–water partition coefficient (Wildman–Crippen LogP) is 1.47. The van der Waals surface area contributed by atoms with Crippen LogP contribution in [0.4, 0.5) is 0 Å². The van der Waals surface area contributed by atoms with Gasteiger partial charge in [-0.3, -0.25) is 4.79 Å². The molecule has 0 spiro atoms. The fraction of sp³-hybridized carbons (Fsp3) is 0.500. The minimum Gasteiger partial charge on any atom is -0.468 e. The van der Waals surface area contributed by atoms with E-state index in [0.717, 1.165) is 24.2 Å². The summed E-state index contributed by atoms with van der Waals surface area (Å²) in [5.74, 6) is -0.713. The van der Waals surface area contributed by atoms with Gasteiger partial charge >= 0.3 is 5.97 Å². The molecule has 1 saturated carbocycles. The number of sulfone groups is 1. The summed E-state index contributed by atoms with van der Waals surface area (Å²) in [6.07, 6.45) is 1.56. The van der Waals surface area contributed by atoms with Crippen LogP contribution in [0.2, 0.25) is 0 Å². The molecule has 0 radical (unpaired) electrons. The fourth-order valence-electron chi connectivity index (χ4n) is 1.64. The minimum absolute atomic E-state index is 0.0699. The summed E-state index contributed by atoms with van der Waals surface area (Å²) in [5.41, 5.74) is 0. The average molecular weight is 260 g/mol. The number of hydrogen-bond donors (Lipinski definition) is 0. The largest absolute Gasteiger partial charge is 0.468 e. The Kier molecular flexibility index (Phi) is 3.03. The molecule has 0 bridgehead atoms. The lowest BCUT2D eigenvalue weighted by atomic mass is 10.3. The molecule has 1 heterocycles. The number of thiophene rings is 1. The third-order valence-electron chi connectivity index (χ3n) is 2.59. The molecule has 1 unspecified atom stereocenters. The van der Waals surface area contributed by atoms with Crippen molar-refractivity contribution in [1.82, 2.24) is 0 Å². The molecule has 0 amide bonds. The summed E-state index contributed by atoms with van der Waals surface area (Å²) >= 11 is 1.14. The zero-order chi connectivity index (χ0) is 11.8. The highest BCUT2D eigenvalue weighted by molar-refractivity contribution is 7.94. The van der Waals surface area contributed by atoms with Crippen LogP contribution >= 0.6 is 11.3 Å². The first-order valence-electron chi connectivity index (χ1n) is 4.92. The van der Waals surface area contributed by atoms with Crippen molar-refractivity contribution in [2.24, 2.45) is 5.92 Å². The lowest BCUT2D eigenvalue weighted by Crippen LogP contribution is -2.33. The van der Waals surface area contributed by atoms with Crippen LogP contribution < -0.4 is 0 Å². The van der Waals surface area contributed by atoms with Crippen LogP contribution in [0, 0.1) is 5.92 Å². The van der Waals surface area contributed by atoms with Gasteiger partial charge in [-0.05, 0) is 30.2 Å². The van der Waals surface area contributed by atoms with Crippen LogP contribution in [0.25, 0.3) is 0 Å². The van der Waals surface area contributed by atoms with Gasteiger partial charge in [0.1, 0.15) is 4.21 Å². The molecule has 1 aromatic rings. The lowest BCUT2D eigenvalue weighted by Gasteiger charge is -2.13. The van der Waals surface area contributed by atoms with E-state index in [2.05, 4.69) is 4.74 Å². The molecule has 1 aliphatic rings. The fourth-order valence-corrected chi connectivity index (χ4v) is 4.75. The summed E-state index contributed by atoms with van der Waals surface area (Å²) in [4.78, 5) is 11.5. The molecule has 1 atom stereocenters. The van der Waals surface area contributed by atoms with E-state index >= 15 is 0 Å². The van der Waals surface area contributed by atoms with Gasteiger partial charge in [0.05, 0.1) is 7.11 Å². The zero-order valence-electron chi connectivity index (χ0n) is 8.75. The van der Waals surface area contributed by atoms with Crippen LogP contribution in [0.15, 0.2) is 21.7 Å². The second-order valence-electron chi connectivity index (χ2n) is 3.76. The smallest absolute Gasteiger partial charge is 0.324 e. The molecule has 4 nitrogen and oxygen atoms in total. The Morgan fingerprint density at radius 2 is 2.25 bits per heavy atom. The van der Waals surface area contributed by atoms with Crippen molar-refractivity contribution in [2.75, 3.05) is 7.11 Å². The molecule has 0 aromatic carbocycles. The molecule has 1 aliphatic carbocycles. The second-order valence-corrected chi connectivity index (χ2v) is 7.00. The van der Waals surface area contributed by atoms with Crippen molar-refractivity contribution in [1.29, 1.82) is 0 Å². The van der Waals surface area contributed by atoms with E-state index < -0.39 is 21.1 Å². The highest BCUT2D eigenvalue weighted by Crippen LogP contribution is 2.39. The molecule has 88 valence electrons. The van der Waals surface area contributed by atoms with Crippen molar-refractivity contribution < 1.29 is 17.9 Å². The van der Waals surface area contributed by atoms with Crippen LogP contribution in [0.3, 0.4) is 0 Å². The van der Waals surface area contributed by atoms with Gasteiger partial charge in [0.25, 0.3) is 0 Å². The van der Waals surface area contributed by atoms with Crippen molar-refractivity contribution >= 4 is 27.1 Å². The van der Waals surface area contributed by atoms with Gasteiger partial charge in [0, 0.05) is 0 Å². The Labute approximate surface area is 98.2 Å². The lowest BCUT2D eigenvalue weighted by molar-refractivity contribution is -0.140. The molecule has 2 rings (SSSR count). The molecule has 1 aromatic heterocycles. The van der Waals surface area contributed by atoms with Crippen molar-refractivity contribution in [3.05, 3.63) is 17.5 Å². The summed E-state index contributed by atoms with van der Waals surface area (Å²) in [6.45, 7) is 0. The van der Waals surface area contributed by atoms with Gasteiger partial charge in [-0.15, -0.1) is 11.3 Å². The highest BCUT2D eigenvalue weighted by Gasteiger charge is 2.46. The van der Waals surface area contributed by atoms with Gasteiger partial charge in [-0.25, -0.2) is 8.42 Å². The first-order valence-corrected chi connectivity index (χ1v) is 7.35. The highest BCUT2D eigenvalue weighted by atomic mass is 32.2. The number of rotatable bonds is 4. The van der Waals surface area contributed by atoms with E-state index in [1.54, 1.807) is 11.4 Å². The molecular formula is C10H12O4S2. The predicted molar refractivity (Wildman–Crippen MR) is 60.0 cm³/mol. The van der Waals surface area contributed by atoms with E-state index in [-0.39, 0.29) is 10.1 Å². The maximum Gasteiger partial charge on any atom is 0.324 e. The molecular weight excluding hydrogens is 248 g/mol. The Bertz CT molecular complexity index is 471. The van der Waals surface area contributed by atoms with Crippen molar-refractivity contribution in [3.8, 4) is 0 Å². The van der Waals surface area contributed by atoms with Gasteiger partial charge in [0.15, 0.2) is 5.25 Å². The maximum absolute atomic E-state index is 12.2. The Morgan fingerprint density at radius 3 is 2.69 bits per heavy atom. The summed E-state index contributed by atoms with van der Waals surface area (Å²) in [5, 5.41) is 0.671.